The number of carbonyl (C=O) groups is 4. The van der Waals surface area contributed by atoms with Crippen molar-refractivity contribution in [3.63, 3.8) is 0 Å². The Morgan fingerprint density at radius 2 is 1.63 bits per heavy atom. The molecule has 8 heteroatoms. The van der Waals surface area contributed by atoms with E-state index in [0.29, 0.717) is 0 Å². The highest BCUT2D eigenvalue weighted by molar-refractivity contribution is 5.90. The Kier molecular flexibility index (Phi) is 5.97. The zero-order chi connectivity index (χ0) is 15.2. The summed E-state index contributed by atoms with van der Waals surface area (Å²) in [6.45, 7) is 4.57. The zero-order valence-corrected chi connectivity index (χ0v) is 11.0. The van der Waals surface area contributed by atoms with Crippen LogP contribution in [0.25, 0.3) is 0 Å². The number of hydrogen-bond acceptors (Lipinski definition) is 4. The zero-order valence-electron chi connectivity index (χ0n) is 11.0. The fourth-order valence-electron chi connectivity index (χ4n) is 1.05. The highest BCUT2D eigenvalue weighted by Gasteiger charge is 2.25. The second-order valence-electron chi connectivity index (χ2n) is 4.99. The van der Waals surface area contributed by atoms with Gasteiger partial charge in [0.25, 0.3) is 0 Å². The molecule has 0 aromatic carbocycles. The molecule has 0 aromatic heterocycles. The lowest BCUT2D eigenvalue weighted by Crippen LogP contribution is -2.47. The minimum Gasteiger partial charge on any atom is -0.481 e. The molecule has 0 aliphatic heterocycles. The molecule has 0 fully saturated rings. The first-order chi connectivity index (χ1) is 8.54. The molecule has 0 saturated heterocycles. The minimum absolute atomic E-state index is 0.368. The normalized spacial score (nSPS) is 12.4. The summed E-state index contributed by atoms with van der Waals surface area (Å²) in [6, 6.07) is -1.52. The Bertz CT molecular complexity index is 385. The standard InChI is InChI=1S/C11H18N2O6/c1-11(2,3)10(19)12-5-7(14)13-6(9(17)18)4-8(15)16/h6H,4-5H2,1-3H3,(H,12,19)(H,13,14)(H,15,16)(H,17,18)/t6-/m1/s1. The van der Waals surface area contributed by atoms with Gasteiger partial charge < -0.3 is 20.8 Å². The molecule has 2 amide bonds. The van der Waals surface area contributed by atoms with E-state index in [9.17, 15) is 19.2 Å². The van der Waals surface area contributed by atoms with Crippen LogP contribution in [0.3, 0.4) is 0 Å². The van der Waals surface area contributed by atoms with Gasteiger partial charge in [-0.2, -0.15) is 0 Å². The van der Waals surface area contributed by atoms with Gasteiger partial charge >= 0.3 is 11.9 Å². The lowest BCUT2D eigenvalue weighted by atomic mass is 9.96. The molecule has 0 aromatic rings. The first kappa shape index (κ1) is 16.9. The topological polar surface area (TPSA) is 133 Å². The van der Waals surface area contributed by atoms with Gasteiger partial charge in [-0.15, -0.1) is 0 Å². The Hall–Kier alpha value is -2.12. The monoisotopic (exact) mass is 274 g/mol. The molecule has 0 unspecified atom stereocenters. The molecule has 0 rings (SSSR count). The summed E-state index contributed by atoms with van der Waals surface area (Å²) in [6.07, 6.45) is -0.728. The molecule has 0 bridgehead atoms. The molecule has 8 nitrogen and oxygen atoms in total. The molecular weight excluding hydrogens is 256 g/mol. The number of nitrogens with one attached hydrogen (secondary N) is 2. The quantitative estimate of drug-likeness (QED) is 0.501. The summed E-state index contributed by atoms with van der Waals surface area (Å²) in [5.74, 6) is -3.91. The van der Waals surface area contributed by atoms with Gasteiger partial charge in [0.05, 0.1) is 13.0 Å². The van der Waals surface area contributed by atoms with Crippen molar-refractivity contribution >= 4 is 23.8 Å². The summed E-state index contributed by atoms with van der Waals surface area (Å²) >= 11 is 0. The Labute approximate surface area is 110 Å². The van der Waals surface area contributed by atoms with Crippen molar-refractivity contribution in [3.05, 3.63) is 0 Å². The van der Waals surface area contributed by atoms with Crippen LogP contribution in [0.15, 0.2) is 0 Å². The highest BCUT2D eigenvalue weighted by Crippen LogP contribution is 2.11. The Balaban J connectivity index is 4.32. The van der Waals surface area contributed by atoms with Crippen LogP contribution in [-0.2, 0) is 19.2 Å². The van der Waals surface area contributed by atoms with E-state index >= 15 is 0 Å². The van der Waals surface area contributed by atoms with Crippen LogP contribution in [0.4, 0.5) is 0 Å². The molecule has 0 heterocycles. The van der Waals surface area contributed by atoms with Crippen molar-refractivity contribution in [1.82, 2.24) is 10.6 Å². The molecular formula is C11H18N2O6. The minimum atomic E-state index is -1.52. The number of hydrogen-bond donors (Lipinski definition) is 4. The van der Waals surface area contributed by atoms with E-state index in [4.69, 9.17) is 10.2 Å². The molecule has 0 aliphatic carbocycles. The van der Waals surface area contributed by atoms with Crippen LogP contribution in [-0.4, -0.2) is 46.6 Å². The number of carbonyl (C=O) groups excluding carboxylic acids is 2. The molecule has 1 atom stereocenters. The second kappa shape index (κ2) is 6.72. The molecule has 108 valence electrons. The van der Waals surface area contributed by atoms with E-state index in [-0.39, 0.29) is 5.91 Å². The molecule has 19 heavy (non-hydrogen) atoms. The average molecular weight is 274 g/mol. The van der Waals surface area contributed by atoms with Crippen molar-refractivity contribution in [2.24, 2.45) is 5.41 Å². The second-order valence-corrected chi connectivity index (χ2v) is 4.99. The van der Waals surface area contributed by atoms with Gasteiger partial charge in [-0.1, -0.05) is 20.8 Å². The van der Waals surface area contributed by atoms with Crippen LogP contribution in [0, 0.1) is 5.41 Å². The van der Waals surface area contributed by atoms with Crippen molar-refractivity contribution in [2.45, 2.75) is 33.2 Å². The maximum Gasteiger partial charge on any atom is 0.326 e. The highest BCUT2D eigenvalue weighted by atomic mass is 16.4. The lowest BCUT2D eigenvalue weighted by Gasteiger charge is -2.18. The maximum absolute atomic E-state index is 11.5. The first-order valence-corrected chi connectivity index (χ1v) is 5.56. The van der Waals surface area contributed by atoms with Gasteiger partial charge in [0.15, 0.2) is 0 Å². The predicted octanol–water partition coefficient (Wildman–Crippen LogP) is -0.807. The number of aliphatic carboxylic acids is 2. The largest absolute Gasteiger partial charge is 0.481 e. The first-order valence-electron chi connectivity index (χ1n) is 5.56. The van der Waals surface area contributed by atoms with E-state index in [1.54, 1.807) is 20.8 Å². The van der Waals surface area contributed by atoms with Gasteiger partial charge in [-0.25, -0.2) is 4.79 Å². The van der Waals surface area contributed by atoms with Crippen LogP contribution < -0.4 is 10.6 Å². The van der Waals surface area contributed by atoms with Gasteiger partial charge in [0.1, 0.15) is 6.04 Å². The van der Waals surface area contributed by atoms with Crippen molar-refractivity contribution < 1.29 is 29.4 Å². The van der Waals surface area contributed by atoms with Crippen LogP contribution in [0.1, 0.15) is 27.2 Å². The van der Waals surface area contributed by atoms with E-state index in [0.717, 1.165) is 0 Å². The van der Waals surface area contributed by atoms with Gasteiger partial charge in [0.2, 0.25) is 11.8 Å². The summed E-state index contributed by atoms with van der Waals surface area (Å²) in [7, 11) is 0. The van der Waals surface area contributed by atoms with Gasteiger partial charge in [-0.05, 0) is 0 Å². The third kappa shape index (κ3) is 7.02. The van der Waals surface area contributed by atoms with Crippen molar-refractivity contribution in [3.8, 4) is 0 Å². The van der Waals surface area contributed by atoms with Gasteiger partial charge in [-0.3, -0.25) is 14.4 Å². The fraction of sp³-hybridized carbons (Fsp3) is 0.636. The van der Waals surface area contributed by atoms with Crippen LogP contribution in [0.2, 0.25) is 0 Å². The fourth-order valence-corrected chi connectivity index (χ4v) is 1.05. The Morgan fingerprint density at radius 1 is 1.11 bits per heavy atom. The van der Waals surface area contributed by atoms with E-state index in [1.165, 1.54) is 0 Å². The average Bonchev–Trinajstić information content (AvgIpc) is 2.22. The number of rotatable bonds is 6. The smallest absolute Gasteiger partial charge is 0.326 e. The van der Waals surface area contributed by atoms with Crippen LogP contribution in [0.5, 0.6) is 0 Å². The van der Waals surface area contributed by atoms with Crippen molar-refractivity contribution in [2.75, 3.05) is 6.54 Å². The summed E-state index contributed by atoms with van der Waals surface area (Å²) in [5, 5.41) is 21.5. The maximum atomic E-state index is 11.5. The molecule has 0 aliphatic rings. The predicted molar refractivity (Wildman–Crippen MR) is 64.3 cm³/mol. The summed E-state index contributed by atoms with van der Waals surface area (Å²) < 4.78 is 0. The van der Waals surface area contributed by atoms with Gasteiger partial charge in [0, 0.05) is 5.41 Å². The molecule has 0 radical (unpaired) electrons. The van der Waals surface area contributed by atoms with E-state index < -0.39 is 42.3 Å². The number of carboxylic acids is 2. The lowest BCUT2D eigenvalue weighted by molar-refractivity contribution is -0.147. The summed E-state index contributed by atoms with van der Waals surface area (Å²) in [5.41, 5.74) is -0.673. The van der Waals surface area contributed by atoms with E-state index in [1.807, 2.05) is 5.32 Å². The molecule has 4 N–H and O–H groups in total. The summed E-state index contributed by atoms with van der Waals surface area (Å²) in [4.78, 5) is 44.0. The Morgan fingerprint density at radius 3 is 2.00 bits per heavy atom. The van der Waals surface area contributed by atoms with Crippen molar-refractivity contribution in [1.29, 1.82) is 0 Å². The van der Waals surface area contributed by atoms with Crippen LogP contribution >= 0.6 is 0 Å². The molecule has 0 spiro atoms. The third-order valence-electron chi connectivity index (χ3n) is 2.10. The molecule has 0 saturated carbocycles. The van der Waals surface area contributed by atoms with E-state index in [2.05, 4.69) is 5.32 Å². The third-order valence-corrected chi connectivity index (χ3v) is 2.10. The SMILES string of the molecule is CC(C)(C)C(=O)NCC(=O)N[C@H](CC(=O)O)C(=O)O. The number of amides is 2. The number of carboxylic acid groups (broad SMARTS) is 2.